The van der Waals surface area contributed by atoms with E-state index >= 15 is 0 Å². The van der Waals surface area contributed by atoms with Crippen LogP contribution in [0.4, 0.5) is 0 Å². The van der Waals surface area contributed by atoms with Crippen molar-refractivity contribution < 1.29 is 9.53 Å². The van der Waals surface area contributed by atoms with Crippen molar-refractivity contribution in [1.29, 1.82) is 0 Å². The van der Waals surface area contributed by atoms with Crippen LogP contribution in [0.25, 0.3) is 0 Å². The number of hydrogen-bond donors (Lipinski definition) is 1. The molecule has 0 aromatic rings. The number of esters is 1. The van der Waals surface area contributed by atoms with Gasteiger partial charge in [-0.3, -0.25) is 4.79 Å². The number of hydrogen-bond acceptors (Lipinski definition) is 3. The Hall–Kier alpha value is -0.280. The third-order valence-corrected chi connectivity index (χ3v) is 2.00. The molecule has 1 aliphatic heterocycles. The molecule has 0 amide bonds. The normalized spacial score (nSPS) is 22.4. The Morgan fingerprint density at radius 3 is 2.43 bits per heavy atom. The Balaban J connectivity index is 0.00000169. The van der Waals surface area contributed by atoms with Gasteiger partial charge in [0.1, 0.15) is 11.6 Å². The maximum atomic E-state index is 11.5. The largest absolute Gasteiger partial charge is 0.459 e. The molecule has 1 unspecified atom stereocenters. The summed E-state index contributed by atoms with van der Waals surface area (Å²) in [5.41, 5.74) is -0.365. The average molecular weight is 222 g/mol. The summed E-state index contributed by atoms with van der Waals surface area (Å²) in [5, 5.41) is 3.17. The summed E-state index contributed by atoms with van der Waals surface area (Å²) in [6.07, 6.45) is 3.20. The number of carbonyl (C=O) groups is 1. The predicted octanol–water partition coefficient (Wildman–Crippen LogP) is 1.89. The van der Waals surface area contributed by atoms with Crippen molar-refractivity contribution in [3.8, 4) is 0 Å². The van der Waals surface area contributed by atoms with Gasteiger partial charge in [0, 0.05) is 0 Å². The van der Waals surface area contributed by atoms with E-state index in [0.717, 1.165) is 19.4 Å². The fourth-order valence-corrected chi connectivity index (χ4v) is 1.43. The van der Waals surface area contributed by atoms with Gasteiger partial charge in [-0.05, 0) is 40.2 Å². The second-order valence-electron chi connectivity index (χ2n) is 4.54. The van der Waals surface area contributed by atoms with Crippen LogP contribution < -0.4 is 5.32 Å². The first-order valence-electron chi connectivity index (χ1n) is 4.95. The first-order valence-corrected chi connectivity index (χ1v) is 4.95. The molecule has 0 spiro atoms. The second-order valence-corrected chi connectivity index (χ2v) is 4.54. The summed E-state index contributed by atoms with van der Waals surface area (Å²) in [4.78, 5) is 11.5. The van der Waals surface area contributed by atoms with E-state index in [-0.39, 0.29) is 30.0 Å². The highest BCUT2D eigenvalue weighted by molar-refractivity contribution is 5.85. The lowest BCUT2D eigenvalue weighted by Gasteiger charge is -2.26. The second kappa shape index (κ2) is 5.56. The molecular formula is C10H20ClNO2. The van der Waals surface area contributed by atoms with E-state index in [4.69, 9.17) is 4.74 Å². The molecule has 0 saturated carbocycles. The van der Waals surface area contributed by atoms with Crippen molar-refractivity contribution in [1.82, 2.24) is 5.32 Å². The maximum absolute atomic E-state index is 11.5. The number of nitrogens with one attached hydrogen (secondary N) is 1. The maximum Gasteiger partial charge on any atom is 0.323 e. The van der Waals surface area contributed by atoms with Crippen LogP contribution >= 0.6 is 12.4 Å². The number of halogens is 1. The van der Waals surface area contributed by atoms with Crippen LogP contribution in [0.1, 0.15) is 40.0 Å². The van der Waals surface area contributed by atoms with E-state index in [2.05, 4.69) is 5.32 Å². The molecule has 0 aromatic heterocycles. The zero-order chi connectivity index (χ0) is 9.90. The first-order chi connectivity index (χ1) is 5.99. The van der Waals surface area contributed by atoms with Crippen molar-refractivity contribution in [3.63, 3.8) is 0 Å². The molecule has 0 aromatic carbocycles. The van der Waals surface area contributed by atoms with E-state index < -0.39 is 0 Å². The van der Waals surface area contributed by atoms with Crippen LogP contribution in [0, 0.1) is 0 Å². The minimum atomic E-state index is -0.365. The van der Waals surface area contributed by atoms with Crippen LogP contribution in [0.15, 0.2) is 0 Å². The molecule has 1 saturated heterocycles. The standard InChI is InChI=1S/C10H19NO2.ClH/c1-10(2,3)13-9(12)8-6-4-5-7-11-8;/h8,11H,4-7H2,1-3H3;1H. The molecule has 0 radical (unpaired) electrons. The lowest BCUT2D eigenvalue weighted by Crippen LogP contribution is -2.43. The Morgan fingerprint density at radius 1 is 1.36 bits per heavy atom. The molecule has 14 heavy (non-hydrogen) atoms. The molecule has 1 aliphatic rings. The van der Waals surface area contributed by atoms with Gasteiger partial charge in [0.15, 0.2) is 0 Å². The first kappa shape index (κ1) is 13.7. The van der Waals surface area contributed by atoms with Crippen molar-refractivity contribution in [3.05, 3.63) is 0 Å². The highest BCUT2D eigenvalue weighted by Crippen LogP contribution is 2.13. The zero-order valence-electron chi connectivity index (χ0n) is 9.13. The highest BCUT2D eigenvalue weighted by Gasteiger charge is 2.25. The van der Waals surface area contributed by atoms with Gasteiger partial charge in [0.05, 0.1) is 0 Å². The molecule has 1 N–H and O–H groups in total. The number of rotatable bonds is 1. The molecule has 84 valence electrons. The monoisotopic (exact) mass is 221 g/mol. The number of ether oxygens (including phenoxy) is 1. The molecule has 4 heteroatoms. The number of piperidine rings is 1. The zero-order valence-corrected chi connectivity index (χ0v) is 9.95. The molecule has 0 aliphatic carbocycles. The minimum absolute atomic E-state index is 0. The van der Waals surface area contributed by atoms with Gasteiger partial charge in [0.25, 0.3) is 0 Å². The quantitative estimate of drug-likeness (QED) is 0.688. The Labute approximate surface area is 92.0 Å². The van der Waals surface area contributed by atoms with E-state index in [1.54, 1.807) is 0 Å². The fourth-order valence-electron chi connectivity index (χ4n) is 1.43. The third-order valence-electron chi connectivity index (χ3n) is 2.00. The van der Waals surface area contributed by atoms with Crippen LogP contribution in [-0.2, 0) is 9.53 Å². The van der Waals surface area contributed by atoms with Crippen molar-refractivity contribution in [2.75, 3.05) is 6.54 Å². The Morgan fingerprint density at radius 2 is 2.00 bits per heavy atom. The molecule has 0 bridgehead atoms. The van der Waals surface area contributed by atoms with Gasteiger partial charge in [-0.25, -0.2) is 0 Å². The van der Waals surface area contributed by atoms with Crippen LogP contribution in [0.3, 0.4) is 0 Å². The van der Waals surface area contributed by atoms with Gasteiger partial charge in [-0.2, -0.15) is 0 Å². The SMILES string of the molecule is CC(C)(C)OC(=O)C1CCCCN1.Cl. The molecule has 3 nitrogen and oxygen atoms in total. The van der Waals surface area contributed by atoms with Gasteiger partial charge < -0.3 is 10.1 Å². The van der Waals surface area contributed by atoms with Gasteiger partial charge in [-0.15, -0.1) is 12.4 Å². The van der Waals surface area contributed by atoms with Crippen LogP contribution in [0.2, 0.25) is 0 Å². The lowest BCUT2D eigenvalue weighted by molar-refractivity contribution is -0.158. The molecule has 1 atom stereocenters. The van der Waals surface area contributed by atoms with E-state index in [1.165, 1.54) is 6.42 Å². The summed E-state index contributed by atoms with van der Waals surface area (Å²) in [6.45, 7) is 6.62. The smallest absolute Gasteiger partial charge is 0.323 e. The van der Waals surface area contributed by atoms with Gasteiger partial charge in [0.2, 0.25) is 0 Å². The summed E-state index contributed by atoms with van der Waals surface area (Å²) in [5.74, 6) is -0.104. The van der Waals surface area contributed by atoms with Gasteiger partial charge in [-0.1, -0.05) is 6.42 Å². The van der Waals surface area contributed by atoms with Crippen LogP contribution in [-0.4, -0.2) is 24.2 Å². The topological polar surface area (TPSA) is 38.3 Å². The summed E-state index contributed by atoms with van der Waals surface area (Å²) in [6, 6.07) is -0.0759. The average Bonchev–Trinajstić information content (AvgIpc) is 2.03. The number of carbonyl (C=O) groups excluding carboxylic acids is 1. The molecule has 1 fully saturated rings. The molecule has 1 rings (SSSR count). The van der Waals surface area contributed by atoms with E-state index in [9.17, 15) is 4.79 Å². The fraction of sp³-hybridized carbons (Fsp3) is 0.900. The van der Waals surface area contributed by atoms with Crippen molar-refractivity contribution in [2.24, 2.45) is 0 Å². The lowest BCUT2D eigenvalue weighted by atomic mass is 10.0. The molecular weight excluding hydrogens is 202 g/mol. The minimum Gasteiger partial charge on any atom is -0.459 e. The third kappa shape index (κ3) is 4.82. The van der Waals surface area contributed by atoms with Crippen LogP contribution in [0.5, 0.6) is 0 Å². The van der Waals surface area contributed by atoms with E-state index in [0.29, 0.717) is 0 Å². The van der Waals surface area contributed by atoms with Gasteiger partial charge >= 0.3 is 5.97 Å². The predicted molar refractivity (Wildman–Crippen MR) is 58.7 cm³/mol. The Kier molecular flexibility index (Phi) is 5.45. The van der Waals surface area contributed by atoms with Crippen molar-refractivity contribution >= 4 is 18.4 Å². The van der Waals surface area contributed by atoms with Crippen molar-refractivity contribution in [2.45, 2.75) is 51.7 Å². The summed E-state index contributed by atoms with van der Waals surface area (Å²) < 4.78 is 5.28. The molecule has 1 heterocycles. The Bertz CT molecular complexity index is 183. The highest BCUT2D eigenvalue weighted by atomic mass is 35.5. The summed E-state index contributed by atoms with van der Waals surface area (Å²) >= 11 is 0. The van der Waals surface area contributed by atoms with E-state index in [1.807, 2.05) is 20.8 Å². The summed E-state index contributed by atoms with van der Waals surface area (Å²) in [7, 11) is 0.